The summed E-state index contributed by atoms with van der Waals surface area (Å²) in [6, 6.07) is 0. The largest absolute Gasteiger partial charge is 0.368 e. The average molecular weight is 260 g/mol. The predicted octanol–water partition coefficient (Wildman–Crippen LogP) is 1.42. The molecular formula is C6H6ClF4N5. The molecule has 1 heterocycles. The molecule has 0 saturated heterocycles. The smallest absolute Gasteiger partial charge is 0.324 e. The highest BCUT2D eigenvalue weighted by Gasteiger charge is 2.40. The van der Waals surface area contributed by atoms with E-state index in [4.69, 9.17) is 17.3 Å². The molecule has 90 valence electrons. The van der Waals surface area contributed by atoms with Gasteiger partial charge in [-0.15, -0.1) is 0 Å². The maximum atomic E-state index is 12.5. The van der Waals surface area contributed by atoms with Crippen molar-refractivity contribution in [2.75, 3.05) is 17.6 Å². The number of rotatable bonds is 4. The third-order valence-electron chi connectivity index (χ3n) is 1.43. The molecule has 0 aliphatic heterocycles. The highest BCUT2D eigenvalue weighted by molar-refractivity contribution is 6.28. The van der Waals surface area contributed by atoms with Crippen LogP contribution in [0.3, 0.4) is 0 Å². The van der Waals surface area contributed by atoms with Crippen LogP contribution in [0.1, 0.15) is 0 Å². The number of nitrogens with two attached hydrogens (primary N) is 1. The number of nitrogens with zero attached hydrogens (tertiary/aromatic N) is 3. The van der Waals surface area contributed by atoms with E-state index in [9.17, 15) is 17.6 Å². The minimum Gasteiger partial charge on any atom is -0.368 e. The van der Waals surface area contributed by atoms with Gasteiger partial charge in [0.1, 0.15) is 0 Å². The number of nitrogens with one attached hydrogen (secondary N) is 1. The molecule has 0 bridgehead atoms. The van der Waals surface area contributed by atoms with E-state index in [0.717, 1.165) is 0 Å². The molecule has 1 rings (SSSR count). The zero-order chi connectivity index (χ0) is 12.3. The van der Waals surface area contributed by atoms with Gasteiger partial charge in [-0.25, -0.2) is 8.78 Å². The standard InChI is InChI=1S/C6H6ClF4N5/c7-3-14-4(12)16-5(15-3)13-1-6(10,11)2(8)9/h2H,1H2,(H3,12,13,14,15,16). The van der Waals surface area contributed by atoms with Crippen LogP contribution in [0, 0.1) is 0 Å². The second-order valence-corrected chi connectivity index (χ2v) is 3.04. The van der Waals surface area contributed by atoms with Gasteiger partial charge in [0.2, 0.25) is 17.2 Å². The molecule has 0 saturated carbocycles. The van der Waals surface area contributed by atoms with E-state index in [1.54, 1.807) is 0 Å². The van der Waals surface area contributed by atoms with Crippen LogP contribution in [0.5, 0.6) is 0 Å². The number of anilines is 2. The lowest BCUT2D eigenvalue weighted by atomic mass is 10.3. The van der Waals surface area contributed by atoms with E-state index in [1.807, 2.05) is 5.32 Å². The fourth-order valence-corrected chi connectivity index (χ4v) is 0.885. The molecule has 1 aromatic heterocycles. The summed E-state index contributed by atoms with van der Waals surface area (Å²) in [5.74, 6) is -4.88. The van der Waals surface area contributed by atoms with E-state index in [1.165, 1.54) is 0 Å². The highest BCUT2D eigenvalue weighted by atomic mass is 35.5. The minimum absolute atomic E-state index is 0.303. The van der Waals surface area contributed by atoms with Gasteiger partial charge in [-0.05, 0) is 11.6 Å². The van der Waals surface area contributed by atoms with Crippen molar-refractivity contribution in [3.8, 4) is 0 Å². The molecule has 0 fully saturated rings. The summed E-state index contributed by atoms with van der Waals surface area (Å²) >= 11 is 5.34. The van der Waals surface area contributed by atoms with Gasteiger partial charge in [-0.3, -0.25) is 0 Å². The fraction of sp³-hybridized carbons (Fsp3) is 0.500. The zero-order valence-corrected chi connectivity index (χ0v) is 8.35. The van der Waals surface area contributed by atoms with Crippen LogP contribution in [-0.2, 0) is 0 Å². The lowest BCUT2D eigenvalue weighted by Crippen LogP contribution is -2.35. The first-order valence-corrected chi connectivity index (χ1v) is 4.26. The fourth-order valence-electron chi connectivity index (χ4n) is 0.719. The Morgan fingerprint density at radius 1 is 1.31 bits per heavy atom. The van der Waals surface area contributed by atoms with Crippen LogP contribution in [0.25, 0.3) is 0 Å². The minimum atomic E-state index is -4.19. The monoisotopic (exact) mass is 259 g/mol. The molecule has 0 atom stereocenters. The summed E-state index contributed by atoms with van der Waals surface area (Å²) in [6.45, 7) is -1.33. The van der Waals surface area contributed by atoms with Crippen LogP contribution in [0.4, 0.5) is 29.5 Å². The summed E-state index contributed by atoms with van der Waals surface area (Å²) in [6.07, 6.45) is -3.78. The number of hydrogen-bond acceptors (Lipinski definition) is 5. The highest BCUT2D eigenvalue weighted by Crippen LogP contribution is 2.22. The van der Waals surface area contributed by atoms with Gasteiger partial charge >= 0.3 is 12.3 Å². The maximum absolute atomic E-state index is 12.5. The summed E-state index contributed by atoms with van der Waals surface area (Å²) in [4.78, 5) is 10.1. The second kappa shape index (κ2) is 4.64. The molecule has 3 N–H and O–H groups in total. The van der Waals surface area contributed by atoms with E-state index in [2.05, 4.69) is 15.0 Å². The maximum Gasteiger partial charge on any atom is 0.324 e. The van der Waals surface area contributed by atoms with Crippen molar-refractivity contribution in [1.29, 1.82) is 0 Å². The van der Waals surface area contributed by atoms with E-state index in [-0.39, 0.29) is 11.2 Å². The van der Waals surface area contributed by atoms with Crippen molar-refractivity contribution in [2.24, 2.45) is 0 Å². The van der Waals surface area contributed by atoms with Crippen molar-refractivity contribution < 1.29 is 17.6 Å². The van der Waals surface area contributed by atoms with Crippen molar-refractivity contribution in [3.63, 3.8) is 0 Å². The van der Waals surface area contributed by atoms with Gasteiger partial charge in [0, 0.05) is 0 Å². The normalized spacial score (nSPS) is 11.9. The number of halogens is 5. The third-order valence-corrected chi connectivity index (χ3v) is 1.60. The van der Waals surface area contributed by atoms with E-state index >= 15 is 0 Å². The Labute approximate surface area is 92.0 Å². The summed E-state index contributed by atoms with van der Waals surface area (Å²) < 4.78 is 48.5. The van der Waals surface area contributed by atoms with Gasteiger partial charge in [0.25, 0.3) is 0 Å². The van der Waals surface area contributed by atoms with Crippen LogP contribution < -0.4 is 11.1 Å². The number of hydrogen-bond donors (Lipinski definition) is 2. The molecule has 10 heteroatoms. The number of aromatic nitrogens is 3. The Hall–Kier alpha value is -1.38. The molecule has 0 spiro atoms. The molecule has 5 nitrogen and oxygen atoms in total. The summed E-state index contributed by atoms with van der Waals surface area (Å²) in [5, 5.41) is 1.57. The first kappa shape index (κ1) is 12.7. The molecular weight excluding hydrogens is 254 g/mol. The van der Waals surface area contributed by atoms with Crippen LogP contribution in [0.15, 0.2) is 0 Å². The average Bonchev–Trinajstić information content (AvgIpc) is 2.13. The zero-order valence-electron chi connectivity index (χ0n) is 7.59. The summed E-state index contributed by atoms with van der Waals surface area (Å²) in [7, 11) is 0. The van der Waals surface area contributed by atoms with Crippen LogP contribution in [0.2, 0.25) is 5.28 Å². The molecule has 0 aromatic carbocycles. The van der Waals surface area contributed by atoms with Crippen LogP contribution in [-0.4, -0.2) is 33.8 Å². The Morgan fingerprint density at radius 3 is 2.44 bits per heavy atom. The van der Waals surface area contributed by atoms with Crippen LogP contribution >= 0.6 is 11.6 Å². The molecule has 0 unspecified atom stereocenters. The topological polar surface area (TPSA) is 76.7 Å². The number of alkyl halides is 4. The van der Waals surface area contributed by atoms with Crippen molar-refractivity contribution in [3.05, 3.63) is 5.28 Å². The van der Waals surface area contributed by atoms with Gasteiger partial charge in [0.05, 0.1) is 6.54 Å². The van der Waals surface area contributed by atoms with Crippen molar-refractivity contribution in [1.82, 2.24) is 15.0 Å². The third kappa shape index (κ3) is 3.33. The van der Waals surface area contributed by atoms with Gasteiger partial charge < -0.3 is 11.1 Å². The Bertz CT molecular complexity index is 354. The lowest BCUT2D eigenvalue weighted by Gasteiger charge is -2.15. The molecule has 0 aliphatic rings. The SMILES string of the molecule is Nc1nc(Cl)nc(NCC(F)(F)C(F)F)n1. The number of nitrogen functional groups attached to an aromatic ring is 1. The van der Waals surface area contributed by atoms with Gasteiger partial charge in [-0.2, -0.15) is 23.7 Å². The van der Waals surface area contributed by atoms with Crippen molar-refractivity contribution in [2.45, 2.75) is 12.3 Å². The molecule has 0 amide bonds. The molecule has 1 aromatic rings. The van der Waals surface area contributed by atoms with Gasteiger partial charge in [-0.1, -0.05) is 0 Å². The quantitative estimate of drug-likeness (QED) is 0.800. The second-order valence-electron chi connectivity index (χ2n) is 2.70. The van der Waals surface area contributed by atoms with E-state index in [0.29, 0.717) is 0 Å². The molecule has 0 aliphatic carbocycles. The Balaban J connectivity index is 2.68. The first-order valence-electron chi connectivity index (χ1n) is 3.88. The predicted molar refractivity (Wildman–Crippen MR) is 48.7 cm³/mol. The molecule has 0 radical (unpaired) electrons. The molecule has 16 heavy (non-hydrogen) atoms. The first-order chi connectivity index (χ1) is 7.31. The Kier molecular flexibility index (Phi) is 3.68. The van der Waals surface area contributed by atoms with Crippen molar-refractivity contribution >= 4 is 23.5 Å². The van der Waals surface area contributed by atoms with Gasteiger partial charge in [0.15, 0.2) is 0 Å². The Morgan fingerprint density at radius 2 is 1.94 bits per heavy atom. The van der Waals surface area contributed by atoms with E-state index < -0.39 is 24.8 Å². The lowest BCUT2D eigenvalue weighted by molar-refractivity contribution is -0.117. The summed E-state index contributed by atoms with van der Waals surface area (Å²) in [5.41, 5.74) is 5.14.